The van der Waals surface area contributed by atoms with Crippen LogP contribution in [0.5, 0.6) is 5.75 Å². The van der Waals surface area contributed by atoms with Gasteiger partial charge in [-0.1, -0.05) is 12.1 Å². The van der Waals surface area contributed by atoms with Gasteiger partial charge in [0.25, 0.3) is 5.91 Å². The SMILES string of the molecule is O=C(Nc1ccccc1O)c1ccn(-c2ccc(F)cc2)n1. The molecule has 0 bridgehead atoms. The first kappa shape index (κ1) is 13.8. The minimum absolute atomic E-state index is 0.0196. The van der Waals surface area contributed by atoms with Crippen LogP contribution in [0.15, 0.2) is 60.8 Å². The summed E-state index contributed by atoms with van der Waals surface area (Å²) in [6, 6.07) is 13.7. The van der Waals surface area contributed by atoms with Gasteiger partial charge in [-0.05, 0) is 42.5 Å². The fourth-order valence-electron chi connectivity index (χ4n) is 1.95. The molecule has 110 valence electrons. The number of para-hydroxylation sites is 2. The number of benzene rings is 2. The van der Waals surface area contributed by atoms with E-state index in [1.165, 1.54) is 22.9 Å². The van der Waals surface area contributed by atoms with Crippen molar-refractivity contribution in [2.45, 2.75) is 0 Å². The molecule has 0 radical (unpaired) electrons. The molecule has 2 N–H and O–H groups in total. The van der Waals surface area contributed by atoms with Crippen LogP contribution < -0.4 is 5.32 Å². The van der Waals surface area contributed by atoms with Gasteiger partial charge in [-0.3, -0.25) is 4.79 Å². The lowest BCUT2D eigenvalue weighted by molar-refractivity contribution is 0.102. The summed E-state index contributed by atoms with van der Waals surface area (Å²) >= 11 is 0. The maximum atomic E-state index is 12.9. The molecule has 3 aromatic rings. The van der Waals surface area contributed by atoms with Gasteiger partial charge in [-0.15, -0.1) is 0 Å². The molecule has 0 aliphatic rings. The van der Waals surface area contributed by atoms with E-state index < -0.39 is 5.91 Å². The van der Waals surface area contributed by atoms with Crippen molar-refractivity contribution >= 4 is 11.6 Å². The summed E-state index contributed by atoms with van der Waals surface area (Å²) in [5.41, 5.74) is 1.14. The van der Waals surface area contributed by atoms with E-state index in [1.54, 1.807) is 42.6 Å². The molecule has 0 aliphatic heterocycles. The number of hydrogen-bond acceptors (Lipinski definition) is 3. The molecule has 2 aromatic carbocycles. The van der Waals surface area contributed by atoms with Crippen LogP contribution in [0, 0.1) is 5.82 Å². The van der Waals surface area contributed by atoms with Crippen molar-refractivity contribution in [3.05, 3.63) is 72.3 Å². The van der Waals surface area contributed by atoms with Gasteiger partial charge in [0, 0.05) is 6.20 Å². The molecule has 22 heavy (non-hydrogen) atoms. The molecule has 1 amide bonds. The van der Waals surface area contributed by atoms with Crippen LogP contribution in [0.4, 0.5) is 10.1 Å². The Labute approximate surface area is 125 Å². The molecule has 0 saturated heterocycles. The number of nitrogens with one attached hydrogen (secondary N) is 1. The highest BCUT2D eigenvalue weighted by atomic mass is 19.1. The monoisotopic (exact) mass is 297 g/mol. The van der Waals surface area contributed by atoms with E-state index >= 15 is 0 Å². The number of amides is 1. The fourth-order valence-corrected chi connectivity index (χ4v) is 1.95. The average Bonchev–Trinajstić information content (AvgIpc) is 3.00. The lowest BCUT2D eigenvalue weighted by atomic mass is 10.3. The van der Waals surface area contributed by atoms with Crippen LogP contribution in [0.2, 0.25) is 0 Å². The number of anilines is 1. The van der Waals surface area contributed by atoms with Crippen LogP contribution in [0.3, 0.4) is 0 Å². The number of hydrogen-bond donors (Lipinski definition) is 2. The Bertz CT molecular complexity index is 812. The summed E-state index contributed by atoms with van der Waals surface area (Å²) < 4.78 is 14.4. The van der Waals surface area contributed by atoms with Gasteiger partial charge in [-0.25, -0.2) is 9.07 Å². The third kappa shape index (κ3) is 2.80. The average molecular weight is 297 g/mol. The van der Waals surface area contributed by atoms with Crippen molar-refractivity contribution in [2.75, 3.05) is 5.32 Å². The van der Waals surface area contributed by atoms with Gasteiger partial charge in [0.15, 0.2) is 5.69 Å². The van der Waals surface area contributed by atoms with Crippen LogP contribution in [0.25, 0.3) is 5.69 Å². The Morgan fingerprint density at radius 1 is 1.09 bits per heavy atom. The largest absolute Gasteiger partial charge is 0.506 e. The number of nitrogens with zero attached hydrogens (tertiary/aromatic N) is 2. The van der Waals surface area contributed by atoms with Crippen LogP contribution in [-0.2, 0) is 0 Å². The molecule has 6 heteroatoms. The van der Waals surface area contributed by atoms with E-state index in [1.807, 2.05) is 0 Å². The Kier molecular flexibility index (Phi) is 3.57. The first-order valence-electron chi connectivity index (χ1n) is 6.54. The van der Waals surface area contributed by atoms with Crippen LogP contribution in [-0.4, -0.2) is 20.8 Å². The first-order chi connectivity index (χ1) is 10.6. The van der Waals surface area contributed by atoms with Crippen molar-refractivity contribution in [1.29, 1.82) is 0 Å². The summed E-state index contributed by atoms with van der Waals surface area (Å²) in [7, 11) is 0. The molecular weight excluding hydrogens is 285 g/mol. The van der Waals surface area contributed by atoms with Crippen molar-refractivity contribution in [2.24, 2.45) is 0 Å². The molecule has 0 spiro atoms. The van der Waals surface area contributed by atoms with Gasteiger partial charge in [0.1, 0.15) is 11.6 Å². The lowest BCUT2D eigenvalue weighted by Crippen LogP contribution is -2.13. The van der Waals surface area contributed by atoms with E-state index in [0.29, 0.717) is 11.4 Å². The first-order valence-corrected chi connectivity index (χ1v) is 6.54. The van der Waals surface area contributed by atoms with Gasteiger partial charge in [-0.2, -0.15) is 5.10 Å². The number of carbonyl (C=O) groups is 1. The maximum Gasteiger partial charge on any atom is 0.276 e. The van der Waals surface area contributed by atoms with Crippen molar-refractivity contribution < 1.29 is 14.3 Å². The molecule has 0 unspecified atom stereocenters. The second-order valence-electron chi connectivity index (χ2n) is 4.59. The van der Waals surface area contributed by atoms with Crippen LogP contribution in [0.1, 0.15) is 10.5 Å². The Morgan fingerprint density at radius 3 is 2.55 bits per heavy atom. The molecule has 0 atom stereocenters. The molecule has 0 fully saturated rings. The topological polar surface area (TPSA) is 67.2 Å². The second kappa shape index (κ2) is 5.69. The van der Waals surface area contributed by atoms with E-state index in [4.69, 9.17) is 0 Å². The number of aromatic hydroxyl groups is 1. The summed E-state index contributed by atoms with van der Waals surface area (Å²) in [5, 5.41) is 16.4. The fraction of sp³-hybridized carbons (Fsp3) is 0. The predicted octanol–water partition coefficient (Wildman–Crippen LogP) is 2.97. The zero-order valence-corrected chi connectivity index (χ0v) is 11.4. The van der Waals surface area contributed by atoms with E-state index in [9.17, 15) is 14.3 Å². The van der Waals surface area contributed by atoms with Crippen LogP contribution >= 0.6 is 0 Å². The molecule has 1 heterocycles. The number of halogens is 1. The Hall–Kier alpha value is -3.15. The molecule has 3 rings (SSSR count). The minimum Gasteiger partial charge on any atom is -0.506 e. The Balaban J connectivity index is 1.80. The molecule has 1 aromatic heterocycles. The standard InChI is InChI=1S/C16H12FN3O2/c17-11-5-7-12(8-6-11)20-10-9-14(19-20)16(22)18-13-3-1-2-4-15(13)21/h1-10,21H,(H,18,22). The highest BCUT2D eigenvalue weighted by molar-refractivity contribution is 6.03. The zero-order valence-electron chi connectivity index (χ0n) is 11.4. The lowest BCUT2D eigenvalue weighted by Gasteiger charge is -2.05. The summed E-state index contributed by atoms with van der Waals surface area (Å²) in [6.45, 7) is 0. The van der Waals surface area contributed by atoms with Gasteiger partial charge in [0.2, 0.25) is 0 Å². The third-order valence-electron chi connectivity index (χ3n) is 3.07. The van der Waals surface area contributed by atoms with Gasteiger partial charge >= 0.3 is 0 Å². The number of carbonyl (C=O) groups excluding carboxylic acids is 1. The molecular formula is C16H12FN3O2. The highest BCUT2D eigenvalue weighted by Crippen LogP contribution is 2.22. The van der Waals surface area contributed by atoms with Crippen molar-refractivity contribution in [3.63, 3.8) is 0 Å². The predicted molar refractivity (Wildman–Crippen MR) is 79.6 cm³/mol. The number of phenolic OH excluding ortho intramolecular Hbond substituents is 1. The van der Waals surface area contributed by atoms with Gasteiger partial charge in [0.05, 0.1) is 11.4 Å². The Morgan fingerprint density at radius 2 is 1.82 bits per heavy atom. The summed E-state index contributed by atoms with van der Waals surface area (Å²) in [6.07, 6.45) is 1.60. The maximum absolute atomic E-state index is 12.9. The highest BCUT2D eigenvalue weighted by Gasteiger charge is 2.12. The van der Waals surface area contributed by atoms with Crippen molar-refractivity contribution in [1.82, 2.24) is 9.78 Å². The number of phenols is 1. The third-order valence-corrected chi connectivity index (χ3v) is 3.07. The second-order valence-corrected chi connectivity index (χ2v) is 4.59. The molecule has 5 nitrogen and oxygen atoms in total. The van der Waals surface area contributed by atoms with E-state index in [2.05, 4.69) is 10.4 Å². The van der Waals surface area contributed by atoms with Gasteiger partial charge < -0.3 is 10.4 Å². The quantitative estimate of drug-likeness (QED) is 0.730. The smallest absolute Gasteiger partial charge is 0.276 e. The van der Waals surface area contributed by atoms with E-state index in [0.717, 1.165) is 0 Å². The van der Waals surface area contributed by atoms with E-state index in [-0.39, 0.29) is 17.3 Å². The molecule has 0 saturated carbocycles. The number of rotatable bonds is 3. The summed E-state index contributed by atoms with van der Waals surface area (Å²) in [5.74, 6) is -0.801. The number of aromatic nitrogens is 2. The zero-order chi connectivity index (χ0) is 15.5. The van der Waals surface area contributed by atoms with Crippen molar-refractivity contribution in [3.8, 4) is 11.4 Å². The summed E-state index contributed by atoms with van der Waals surface area (Å²) in [4.78, 5) is 12.1. The minimum atomic E-state index is -0.442. The normalized spacial score (nSPS) is 10.4. The molecule has 0 aliphatic carbocycles.